The van der Waals surface area contributed by atoms with E-state index in [0.717, 1.165) is 119 Å². The zero-order chi connectivity index (χ0) is 87.3. The van der Waals surface area contributed by atoms with Gasteiger partial charge in [-0.25, -0.2) is 0 Å². The van der Waals surface area contributed by atoms with Crippen molar-refractivity contribution >= 4 is 0 Å². The number of hydrogen-bond donors (Lipinski definition) is 0. The van der Waals surface area contributed by atoms with Crippen molar-refractivity contribution in [2.75, 3.05) is 0 Å². The van der Waals surface area contributed by atoms with Gasteiger partial charge in [0, 0.05) is 35.6 Å². The summed E-state index contributed by atoms with van der Waals surface area (Å²) < 4.78 is 184. The molecule has 14 rings (SSSR count). The van der Waals surface area contributed by atoms with Gasteiger partial charge in [-0.1, -0.05) is 345 Å². The normalized spacial score (nSPS) is 37.3. The molecule has 0 aliphatic heterocycles. The first-order valence-electron chi connectivity index (χ1n) is 51.7. The van der Waals surface area contributed by atoms with Gasteiger partial charge in [-0.15, -0.1) is 0 Å². The second-order valence-electron chi connectivity index (χ2n) is 31.7. The van der Waals surface area contributed by atoms with Crippen LogP contribution in [0.3, 0.4) is 0 Å². The molecule has 0 aromatic carbocycles. The number of fused-ring (bicyclic) bond motifs is 2. The predicted octanol–water partition coefficient (Wildman–Crippen LogP) is 30.8. The maximum atomic E-state index is 7.39. The predicted molar refractivity (Wildman–Crippen MR) is 400 cm³/mol. The van der Waals surface area contributed by atoms with Crippen LogP contribution in [0.2, 0.25) is 0 Å². The Morgan fingerprint density at radius 1 is 0.402 bits per heavy atom. The third-order valence-electron chi connectivity index (χ3n) is 23.9. The van der Waals surface area contributed by atoms with Gasteiger partial charge in [-0.2, -0.15) is 0 Å². The lowest BCUT2D eigenvalue weighted by molar-refractivity contribution is -0.0376. The van der Waals surface area contributed by atoms with Crippen molar-refractivity contribution in [3.8, 4) is 0 Å². The molecule has 0 heteroatoms. The summed E-state index contributed by atoms with van der Waals surface area (Å²) in [4.78, 5) is 0. The van der Waals surface area contributed by atoms with Crippen molar-refractivity contribution in [3.63, 3.8) is 0 Å². The zero-order valence-electron chi connectivity index (χ0n) is 87.3. The molecule has 0 radical (unpaired) electrons. The van der Waals surface area contributed by atoms with E-state index in [0.29, 0.717) is 6.92 Å². The highest BCUT2D eigenvalue weighted by atomic mass is 14.5. The lowest BCUT2D eigenvalue weighted by Crippen LogP contribution is -2.44. The van der Waals surface area contributed by atoms with Gasteiger partial charge in [0.2, 0.25) is 0 Å². The summed E-state index contributed by atoms with van der Waals surface area (Å²) >= 11 is 0. The molecule has 0 saturated heterocycles. The first kappa shape index (κ1) is 50.4. The van der Waals surface area contributed by atoms with E-state index in [-0.39, 0.29) is 6.42 Å². The second-order valence-corrected chi connectivity index (χ2v) is 31.7. The third kappa shape index (κ3) is 40.1. The average molecular weight is 1250 g/mol. The fourth-order valence-corrected chi connectivity index (χ4v) is 17.8. The van der Waals surface area contributed by atoms with Crippen LogP contribution in [-0.4, -0.2) is 0 Å². The molecule has 0 amide bonds. The Bertz CT molecular complexity index is 2240. The standard InChI is InChI=1S/C12H20.C11H18.C8H14.C8H16.2C7H14.C6H12.3C6H14.2C5H12/c1-2-12-10-4-8-3-9(6-10)7-11(12)5-8;1-7-10-3-8-2-9(5-10)6-11(7)4-8;1-6-4-7-2-3-8(6)5-7;1-2-8-6-4-3-5-7-8;1-7-5-3-2-4-6-7;1-2-7-5-3-4-6-7;1-6-4-2-3-5-6;1-5-6(2,3)4;1-4-5-6(2)3;1-4-6(3)5-2;2*1-4-5(2)3/h8-12H,2-7H2,1H3;7-11H,2-6H2,1H3;6-8H,2-5H2,1H3;8H,2-7H2,1H3;2*7H,2-6H2,1H3;6H,2-5H2,1H3;5H2,1-4H3;2*6H,4-5H2,1-3H3;2*5H,4H2,1-3H3/i;;;;;;;2D3,3D3,4D3,5D2;;;2D3,3D3,4D2,5D;2D3,3D3. The molecule has 0 nitrogen and oxygen atoms in total. The van der Waals surface area contributed by atoms with Gasteiger partial charge in [0.05, 0.1) is 0 Å². The highest BCUT2D eigenvalue weighted by Crippen LogP contribution is 2.58. The van der Waals surface area contributed by atoms with Gasteiger partial charge in [0.15, 0.2) is 0 Å². The minimum atomic E-state index is -3.48. The molecule has 87 heavy (non-hydrogen) atoms. The first-order valence-corrected chi connectivity index (χ1v) is 38.7. The van der Waals surface area contributed by atoms with Crippen LogP contribution in [0.25, 0.3) is 0 Å². The van der Waals surface area contributed by atoms with Gasteiger partial charge in [-0.05, 0) is 213 Å². The van der Waals surface area contributed by atoms with Crippen LogP contribution >= 0.6 is 0 Å². The second kappa shape index (κ2) is 50.4. The van der Waals surface area contributed by atoms with E-state index < -0.39 is 77.9 Å². The maximum absolute atomic E-state index is 7.39. The summed E-state index contributed by atoms with van der Waals surface area (Å²) in [6, 6.07) is 0. The molecule has 14 saturated carbocycles. The van der Waals surface area contributed by atoms with E-state index in [4.69, 9.17) is 35.6 Å². The van der Waals surface area contributed by atoms with Crippen molar-refractivity contribution in [2.24, 2.45) is 130 Å². The smallest absolute Gasteiger partial charge is 0.0297 e. The Labute approximate surface area is 592 Å². The van der Waals surface area contributed by atoms with Crippen molar-refractivity contribution in [1.82, 2.24) is 0 Å². The monoisotopic (exact) mass is 1250 g/mol. The summed E-state index contributed by atoms with van der Waals surface area (Å²) in [6.45, 7) is 11.6. The van der Waals surface area contributed by atoms with Crippen LogP contribution in [0.1, 0.15) is 464 Å². The minimum absolute atomic E-state index is 0.160. The molecule has 0 aromatic heterocycles. The molecule has 0 aromatic rings. The van der Waals surface area contributed by atoms with E-state index in [2.05, 4.69) is 90.0 Å². The van der Waals surface area contributed by atoms with E-state index in [9.17, 15) is 0 Å². The van der Waals surface area contributed by atoms with Gasteiger partial charge < -0.3 is 0 Å². The highest BCUT2D eigenvalue weighted by molar-refractivity contribution is 4.98. The highest BCUT2D eigenvalue weighted by Gasteiger charge is 2.48. The van der Waals surface area contributed by atoms with E-state index in [1.807, 2.05) is 0 Å². The van der Waals surface area contributed by atoms with Crippen molar-refractivity contribution in [3.05, 3.63) is 0 Å². The molecule has 3 atom stereocenters. The van der Waals surface area contributed by atoms with E-state index >= 15 is 0 Å². The van der Waals surface area contributed by atoms with Crippen LogP contribution in [0.15, 0.2) is 0 Å². The molecule has 0 N–H and O–H groups in total. The molecule has 522 valence electrons. The summed E-state index contributed by atoms with van der Waals surface area (Å²) in [6.07, 6.45) is 53.4. The van der Waals surface area contributed by atoms with E-state index in [1.54, 1.807) is 96.8 Å². The molecule has 0 heterocycles. The third-order valence-corrected chi connectivity index (χ3v) is 23.9. The lowest BCUT2D eigenvalue weighted by atomic mass is 9.51. The minimum Gasteiger partial charge on any atom is -0.0654 e. The fraction of sp³-hybridized carbons (Fsp3) is 1.00. The molecule has 14 fully saturated rings. The quantitative estimate of drug-likeness (QED) is 0.216. The van der Waals surface area contributed by atoms with Crippen LogP contribution in [-0.2, 0) is 0 Å². The number of rotatable bonds is 9. The average Bonchev–Trinajstić information content (AvgIpc) is 1.18. The summed E-state index contributed by atoms with van der Waals surface area (Å²) in [7, 11) is 0. The van der Waals surface area contributed by atoms with Gasteiger partial charge >= 0.3 is 0 Å². The Balaban J connectivity index is 0.000000625. The zero-order valence-corrected chi connectivity index (χ0v) is 61.3. The van der Waals surface area contributed by atoms with Crippen LogP contribution in [0.4, 0.5) is 0 Å². The lowest BCUT2D eigenvalue weighted by Gasteiger charge is -2.54. The first-order chi connectivity index (χ1) is 51.7. The molecule has 14 aliphatic rings. The largest absolute Gasteiger partial charge is 0.0654 e. The summed E-state index contributed by atoms with van der Waals surface area (Å²) in [5.74, 6) is 16.7. The topological polar surface area (TPSA) is 0 Å². The molecule has 3 unspecified atom stereocenters. The molecule has 14 aliphatic carbocycles. The summed E-state index contributed by atoms with van der Waals surface area (Å²) in [5, 5.41) is 0. The fourth-order valence-electron chi connectivity index (χ4n) is 17.8. The number of hydrogen-bond acceptors (Lipinski definition) is 0. The van der Waals surface area contributed by atoms with Gasteiger partial charge in [0.25, 0.3) is 0 Å². The van der Waals surface area contributed by atoms with Gasteiger partial charge in [0.1, 0.15) is 0 Å². The van der Waals surface area contributed by atoms with E-state index in [1.165, 1.54) is 161 Å². The van der Waals surface area contributed by atoms with Crippen LogP contribution in [0, 0.1) is 130 Å². The molecular formula is C87H174. The van der Waals surface area contributed by atoms with Crippen LogP contribution < -0.4 is 0 Å². The Hall–Kier alpha value is 0. The van der Waals surface area contributed by atoms with Crippen molar-refractivity contribution in [1.29, 1.82) is 0 Å². The van der Waals surface area contributed by atoms with Crippen molar-refractivity contribution < 1.29 is 35.6 Å². The molecular weight excluding hydrogens is 1040 g/mol. The SMILES string of the molecule is CC1C2CC3CC(C2)CC1C3.CC1CC2CCC1C2.CC1CCCC1.CC1CCCCC1.CCC(C)CC.CCC1C2CC3CC(C2)CC1C3.CCC1CCCC1.CCC1CCCCC1.CCCC(C)C.[2H]C([2H])([2H])C(C([2H])([2H])[2H])(C([2H])([2H])[2H])C([2H])([2H])C.[2H]C([2H])([2H])C(CC)C([2H])([2H])[2H].[2H]C([2H])([2H])C([2H])(C([2H])([2H])[2H])C([2H])([2H])C. The Morgan fingerprint density at radius 2 is 0.805 bits per heavy atom. The van der Waals surface area contributed by atoms with Gasteiger partial charge in [-0.3, -0.25) is 0 Å². The van der Waals surface area contributed by atoms with Crippen molar-refractivity contribution in [2.45, 2.75) is 428 Å². The molecule has 10 bridgehead atoms. The summed E-state index contributed by atoms with van der Waals surface area (Å²) in [5.41, 5.74) is -3.42. The Kier molecular flexibility index (Phi) is 29.2. The Morgan fingerprint density at radius 3 is 0.977 bits per heavy atom. The molecule has 0 spiro atoms. The maximum Gasteiger partial charge on any atom is 0.0297 e. The van der Waals surface area contributed by atoms with Crippen LogP contribution in [0.5, 0.6) is 0 Å².